The zero-order valence-electron chi connectivity index (χ0n) is 12.4. The highest BCUT2D eigenvalue weighted by atomic mass is 35.5. The molecule has 2 heterocycles. The molecule has 1 atom stereocenters. The van der Waals surface area contributed by atoms with E-state index in [1.165, 1.54) is 0 Å². The van der Waals surface area contributed by atoms with Crippen molar-refractivity contribution in [1.29, 1.82) is 0 Å². The number of nitrogens with zero attached hydrogens (tertiary/aromatic N) is 1. The third-order valence-electron chi connectivity index (χ3n) is 3.68. The van der Waals surface area contributed by atoms with Crippen LogP contribution in [0.2, 0.25) is 10.0 Å². The number of aromatic nitrogens is 1. The van der Waals surface area contributed by atoms with Crippen molar-refractivity contribution in [1.82, 2.24) is 15.8 Å². The number of hydrogen-bond donors (Lipinski definition) is 2. The number of benzene rings is 1. The largest absolute Gasteiger partial charge is 0.360 e. The minimum Gasteiger partial charge on any atom is -0.360 e. The van der Waals surface area contributed by atoms with Crippen molar-refractivity contribution in [3.05, 3.63) is 39.6 Å². The first-order chi connectivity index (χ1) is 10.6. The quantitative estimate of drug-likeness (QED) is 0.861. The molecule has 1 aliphatic heterocycles. The Labute approximate surface area is 150 Å². The third-order valence-corrected chi connectivity index (χ3v) is 4.31. The number of rotatable bonds is 3. The third kappa shape index (κ3) is 3.63. The molecule has 2 aromatic rings. The topological polar surface area (TPSA) is 67.2 Å². The van der Waals surface area contributed by atoms with Gasteiger partial charge in [-0.1, -0.05) is 34.4 Å². The molecule has 1 aromatic carbocycles. The van der Waals surface area contributed by atoms with Gasteiger partial charge in [0.05, 0.1) is 10.0 Å². The summed E-state index contributed by atoms with van der Waals surface area (Å²) in [6.07, 6.45) is 0.901. The van der Waals surface area contributed by atoms with Crippen LogP contribution < -0.4 is 10.6 Å². The molecule has 1 saturated heterocycles. The Hall–Kier alpha value is -1.27. The Morgan fingerprint density at radius 2 is 2.09 bits per heavy atom. The number of carbonyl (C=O) groups excluding carboxylic acids is 1. The van der Waals surface area contributed by atoms with Crippen LogP contribution in [-0.4, -0.2) is 30.2 Å². The van der Waals surface area contributed by atoms with Gasteiger partial charge in [0.1, 0.15) is 17.0 Å². The average molecular weight is 377 g/mol. The summed E-state index contributed by atoms with van der Waals surface area (Å²) >= 11 is 12.4. The summed E-state index contributed by atoms with van der Waals surface area (Å²) in [5, 5.41) is 11.0. The maximum Gasteiger partial charge on any atom is 0.257 e. The summed E-state index contributed by atoms with van der Waals surface area (Å²) in [5.74, 6) is 0.216. The van der Waals surface area contributed by atoms with Gasteiger partial charge in [0.25, 0.3) is 5.91 Å². The molecule has 1 aromatic heterocycles. The van der Waals surface area contributed by atoms with Crippen molar-refractivity contribution in [2.75, 3.05) is 13.1 Å². The van der Waals surface area contributed by atoms with E-state index in [-0.39, 0.29) is 24.4 Å². The number of hydrogen-bond acceptors (Lipinski definition) is 4. The lowest BCUT2D eigenvalue weighted by Crippen LogP contribution is -2.36. The van der Waals surface area contributed by atoms with E-state index in [0.717, 1.165) is 19.5 Å². The van der Waals surface area contributed by atoms with E-state index < -0.39 is 0 Å². The summed E-state index contributed by atoms with van der Waals surface area (Å²) in [7, 11) is 0. The van der Waals surface area contributed by atoms with Crippen LogP contribution in [0, 0.1) is 6.92 Å². The van der Waals surface area contributed by atoms with E-state index in [0.29, 0.717) is 32.6 Å². The molecule has 0 bridgehead atoms. The van der Waals surface area contributed by atoms with Gasteiger partial charge in [-0.15, -0.1) is 12.4 Å². The Morgan fingerprint density at radius 1 is 1.39 bits per heavy atom. The minimum absolute atomic E-state index is 0. The zero-order valence-corrected chi connectivity index (χ0v) is 14.7. The minimum atomic E-state index is -0.224. The first-order valence-corrected chi connectivity index (χ1v) is 7.75. The van der Waals surface area contributed by atoms with Gasteiger partial charge in [-0.05, 0) is 32.0 Å². The smallest absolute Gasteiger partial charge is 0.257 e. The summed E-state index contributed by atoms with van der Waals surface area (Å²) in [6, 6.07) is 5.26. The van der Waals surface area contributed by atoms with Crippen molar-refractivity contribution in [3.63, 3.8) is 0 Å². The van der Waals surface area contributed by atoms with Crippen molar-refractivity contribution >= 4 is 41.5 Å². The lowest BCUT2D eigenvalue weighted by atomic mass is 10.0. The highest BCUT2D eigenvalue weighted by Gasteiger charge is 2.27. The van der Waals surface area contributed by atoms with Gasteiger partial charge in [0, 0.05) is 18.2 Å². The summed E-state index contributed by atoms with van der Waals surface area (Å²) in [4.78, 5) is 12.6. The van der Waals surface area contributed by atoms with E-state index in [1.807, 2.05) is 0 Å². The van der Waals surface area contributed by atoms with E-state index in [9.17, 15) is 4.79 Å². The van der Waals surface area contributed by atoms with Crippen molar-refractivity contribution in [3.8, 4) is 11.3 Å². The molecule has 1 unspecified atom stereocenters. The van der Waals surface area contributed by atoms with Gasteiger partial charge in [0.2, 0.25) is 0 Å². The maximum atomic E-state index is 12.6. The molecule has 8 heteroatoms. The molecular weight excluding hydrogens is 361 g/mol. The van der Waals surface area contributed by atoms with E-state index >= 15 is 0 Å². The average Bonchev–Trinajstić information content (AvgIpc) is 3.09. The highest BCUT2D eigenvalue weighted by Crippen LogP contribution is 2.36. The van der Waals surface area contributed by atoms with Crippen molar-refractivity contribution < 1.29 is 9.32 Å². The molecular formula is C15H16Cl3N3O2. The highest BCUT2D eigenvalue weighted by molar-refractivity contribution is 6.39. The molecule has 0 saturated carbocycles. The normalized spacial score (nSPS) is 16.9. The molecule has 5 nitrogen and oxygen atoms in total. The second-order valence-electron chi connectivity index (χ2n) is 5.22. The number of carbonyl (C=O) groups is 1. The SMILES string of the molecule is Cc1onc(-c2c(Cl)cccc2Cl)c1C(=O)NC1CCNC1.Cl. The van der Waals surface area contributed by atoms with Crippen LogP contribution in [0.15, 0.2) is 22.7 Å². The second-order valence-corrected chi connectivity index (χ2v) is 6.04. The lowest BCUT2D eigenvalue weighted by Gasteiger charge is -2.12. The van der Waals surface area contributed by atoms with Gasteiger partial charge in [-0.3, -0.25) is 4.79 Å². The van der Waals surface area contributed by atoms with Crippen LogP contribution in [0.3, 0.4) is 0 Å². The van der Waals surface area contributed by atoms with Crippen molar-refractivity contribution in [2.45, 2.75) is 19.4 Å². The first-order valence-electron chi connectivity index (χ1n) is 7.00. The second kappa shape index (κ2) is 7.53. The molecule has 3 rings (SSSR count). The Kier molecular flexibility index (Phi) is 5.92. The predicted octanol–water partition coefficient (Wildman–Crippen LogP) is 3.47. The van der Waals surface area contributed by atoms with Gasteiger partial charge < -0.3 is 15.2 Å². The number of aryl methyl sites for hydroxylation is 1. The Bertz CT molecular complexity index is 692. The fourth-order valence-electron chi connectivity index (χ4n) is 2.57. The summed E-state index contributed by atoms with van der Waals surface area (Å²) < 4.78 is 5.20. The maximum absolute atomic E-state index is 12.6. The number of amides is 1. The molecule has 124 valence electrons. The van der Waals surface area contributed by atoms with Crippen LogP contribution in [-0.2, 0) is 0 Å². The van der Waals surface area contributed by atoms with Gasteiger partial charge in [-0.2, -0.15) is 0 Å². The molecule has 0 spiro atoms. The van der Waals surface area contributed by atoms with Gasteiger partial charge >= 0.3 is 0 Å². The Morgan fingerprint density at radius 3 is 2.70 bits per heavy atom. The van der Waals surface area contributed by atoms with Crippen molar-refractivity contribution in [2.24, 2.45) is 0 Å². The van der Waals surface area contributed by atoms with E-state index in [4.69, 9.17) is 27.7 Å². The van der Waals surface area contributed by atoms with E-state index in [1.54, 1.807) is 25.1 Å². The molecule has 1 fully saturated rings. The molecule has 0 radical (unpaired) electrons. The first kappa shape index (κ1) is 18.1. The van der Waals surface area contributed by atoms with Gasteiger partial charge in [0.15, 0.2) is 0 Å². The monoisotopic (exact) mass is 375 g/mol. The summed E-state index contributed by atoms with van der Waals surface area (Å²) in [6.45, 7) is 3.36. The fourth-order valence-corrected chi connectivity index (χ4v) is 3.15. The van der Waals surface area contributed by atoms with Crippen LogP contribution >= 0.6 is 35.6 Å². The molecule has 1 amide bonds. The van der Waals surface area contributed by atoms with Crippen LogP contribution in [0.1, 0.15) is 22.5 Å². The molecule has 2 N–H and O–H groups in total. The Balaban J connectivity index is 0.00000192. The molecule has 23 heavy (non-hydrogen) atoms. The zero-order chi connectivity index (χ0) is 15.7. The van der Waals surface area contributed by atoms with Crippen LogP contribution in [0.5, 0.6) is 0 Å². The lowest BCUT2D eigenvalue weighted by molar-refractivity contribution is 0.0939. The molecule has 0 aliphatic carbocycles. The number of nitrogens with one attached hydrogen (secondary N) is 2. The van der Waals surface area contributed by atoms with E-state index in [2.05, 4.69) is 15.8 Å². The molecule has 1 aliphatic rings. The van der Waals surface area contributed by atoms with Crippen LogP contribution in [0.25, 0.3) is 11.3 Å². The fraction of sp³-hybridized carbons (Fsp3) is 0.333. The predicted molar refractivity (Wildman–Crippen MR) is 92.7 cm³/mol. The standard InChI is InChI=1S/C15H15Cl2N3O2.ClH/c1-8-12(15(21)19-9-5-6-18-7-9)14(20-22-8)13-10(16)3-2-4-11(13)17;/h2-4,9,18H,5-7H2,1H3,(H,19,21);1H. The van der Waals surface area contributed by atoms with Gasteiger partial charge in [-0.25, -0.2) is 0 Å². The number of halogens is 3. The summed E-state index contributed by atoms with van der Waals surface area (Å²) in [5.41, 5.74) is 1.26. The van der Waals surface area contributed by atoms with Crippen LogP contribution in [0.4, 0.5) is 0 Å².